The van der Waals surface area contributed by atoms with Gasteiger partial charge < -0.3 is 0 Å². The van der Waals surface area contributed by atoms with Crippen LogP contribution in [0.3, 0.4) is 0 Å². The van der Waals surface area contributed by atoms with Crippen LogP contribution in [-0.4, -0.2) is 23.2 Å². The molecule has 1 N–H and O–H groups in total. The maximum Gasteiger partial charge on any atom is 0.262 e. The van der Waals surface area contributed by atoms with Gasteiger partial charge in [-0.1, -0.05) is 6.07 Å². The van der Waals surface area contributed by atoms with Crippen molar-refractivity contribution in [3.8, 4) is 11.9 Å². The van der Waals surface area contributed by atoms with Crippen LogP contribution in [0.5, 0.6) is 0 Å². The van der Waals surface area contributed by atoms with Crippen LogP contribution in [0.15, 0.2) is 66.0 Å². The van der Waals surface area contributed by atoms with Gasteiger partial charge in [0.15, 0.2) is 5.82 Å². The van der Waals surface area contributed by atoms with Crippen LogP contribution >= 0.6 is 0 Å². The Hall–Kier alpha value is -3.18. The van der Waals surface area contributed by atoms with E-state index in [1.54, 1.807) is 36.8 Å². The van der Waals surface area contributed by atoms with E-state index >= 15 is 0 Å². The Balaban J connectivity index is 2.00. The molecule has 23 heavy (non-hydrogen) atoms. The monoisotopic (exact) mass is 325 g/mol. The zero-order valence-corrected chi connectivity index (χ0v) is 12.6. The lowest BCUT2D eigenvalue weighted by molar-refractivity contribution is 0.601. The Morgan fingerprint density at radius 3 is 2.74 bits per heavy atom. The Morgan fingerprint density at radius 2 is 2.00 bits per heavy atom. The number of hydrogen-bond donors (Lipinski definition) is 1. The molecule has 2 aromatic heterocycles. The van der Waals surface area contributed by atoms with E-state index in [9.17, 15) is 8.42 Å². The van der Waals surface area contributed by atoms with Gasteiger partial charge in [-0.25, -0.2) is 18.1 Å². The number of pyridine rings is 1. The van der Waals surface area contributed by atoms with Crippen molar-refractivity contribution in [3.05, 3.63) is 66.6 Å². The lowest BCUT2D eigenvalue weighted by Gasteiger charge is -2.11. The third-order valence-corrected chi connectivity index (χ3v) is 4.39. The average Bonchev–Trinajstić information content (AvgIpc) is 3.09. The van der Waals surface area contributed by atoms with E-state index in [1.165, 1.54) is 28.9 Å². The summed E-state index contributed by atoms with van der Waals surface area (Å²) < 4.78 is 29.0. The minimum absolute atomic E-state index is 0.00631. The maximum absolute atomic E-state index is 12.5. The first kappa shape index (κ1) is 14.7. The summed E-state index contributed by atoms with van der Waals surface area (Å²) in [7, 11) is -3.84. The predicted octanol–water partition coefficient (Wildman–Crippen LogP) is 1.94. The van der Waals surface area contributed by atoms with Gasteiger partial charge in [0.2, 0.25) is 0 Å². The molecule has 0 aliphatic rings. The van der Waals surface area contributed by atoms with Crippen molar-refractivity contribution >= 4 is 15.7 Å². The molecule has 0 saturated carbocycles. The van der Waals surface area contributed by atoms with E-state index in [-0.39, 0.29) is 10.5 Å². The highest BCUT2D eigenvalue weighted by atomic mass is 32.2. The number of benzene rings is 1. The highest BCUT2D eigenvalue weighted by Crippen LogP contribution is 2.21. The second-order valence-electron chi connectivity index (χ2n) is 4.57. The fourth-order valence-corrected chi connectivity index (χ4v) is 3.10. The molecule has 2 heterocycles. The van der Waals surface area contributed by atoms with E-state index in [2.05, 4.69) is 14.8 Å². The highest BCUT2D eigenvalue weighted by molar-refractivity contribution is 7.92. The molecule has 0 spiro atoms. The molecule has 0 aliphatic heterocycles. The zero-order valence-electron chi connectivity index (χ0n) is 11.8. The molecule has 0 fully saturated rings. The molecule has 3 rings (SSSR count). The summed E-state index contributed by atoms with van der Waals surface area (Å²) in [5.74, 6) is 0.359. The molecule has 0 saturated heterocycles. The van der Waals surface area contributed by atoms with Gasteiger partial charge in [-0.15, -0.1) is 0 Å². The predicted molar refractivity (Wildman–Crippen MR) is 83.3 cm³/mol. The number of nitrogens with one attached hydrogen (secondary N) is 1. The van der Waals surface area contributed by atoms with Gasteiger partial charge in [-0.3, -0.25) is 4.72 Å². The smallest absolute Gasteiger partial charge is 0.262 e. The minimum Gasteiger partial charge on any atom is -0.276 e. The van der Waals surface area contributed by atoms with Crippen LogP contribution in [0.4, 0.5) is 5.69 Å². The number of nitriles is 1. The first-order chi connectivity index (χ1) is 11.1. The van der Waals surface area contributed by atoms with Gasteiger partial charge in [0.25, 0.3) is 10.0 Å². The second kappa shape index (κ2) is 5.90. The average molecular weight is 325 g/mol. The Bertz CT molecular complexity index is 975. The first-order valence-corrected chi connectivity index (χ1v) is 8.06. The van der Waals surface area contributed by atoms with Crippen LogP contribution in [0.1, 0.15) is 5.56 Å². The van der Waals surface area contributed by atoms with E-state index in [1.807, 2.05) is 6.07 Å². The largest absolute Gasteiger partial charge is 0.276 e. The fourth-order valence-electron chi connectivity index (χ4n) is 1.99. The second-order valence-corrected chi connectivity index (χ2v) is 6.25. The topological polar surface area (TPSA) is 101 Å². The summed E-state index contributed by atoms with van der Waals surface area (Å²) in [4.78, 5) is 4.16. The molecule has 0 amide bonds. The summed E-state index contributed by atoms with van der Waals surface area (Å²) in [5, 5.41) is 13.0. The summed E-state index contributed by atoms with van der Waals surface area (Å²) in [6, 6.07) is 12.6. The van der Waals surface area contributed by atoms with Gasteiger partial charge in [0.1, 0.15) is 0 Å². The number of hydrogen-bond acceptors (Lipinski definition) is 5. The van der Waals surface area contributed by atoms with Crippen molar-refractivity contribution in [2.24, 2.45) is 0 Å². The van der Waals surface area contributed by atoms with Crippen molar-refractivity contribution in [2.75, 3.05) is 4.72 Å². The van der Waals surface area contributed by atoms with Crippen LogP contribution < -0.4 is 4.72 Å². The van der Waals surface area contributed by atoms with Crippen molar-refractivity contribution in [3.63, 3.8) is 0 Å². The molecule has 0 radical (unpaired) electrons. The van der Waals surface area contributed by atoms with E-state index < -0.39 is 10.0 Å². The molecule has 0 bridgehead atoms. The lowest BCUT2D eigenvalue weighted by Crippen LogP contribution is -2.15. The summed E-state index contributed by atoms with van der Waals surface area (Å²) in [5.41, 5.74) is 0.560. The quantitative estimate of drug-likeness (QED) is 0.790. The number of rotatable bonds is 4. The highest BCUT2D eigenvalue weighted by Gasteiger charge is 2.17. The lowest BCUT2D eigenvalue weighted by atomic mass is 10.2. The van der Waals surface area contributed by atoms with Crippen LogP contribution in [0.25, 0.3) is 5.82 Å². The van der Waals surface area contributed by atoms with Crippen LogP contribution in [0, 0.1) is 11.3 Å². The summed E-state index contributed by atoms with van der Waals surface area (Å²) in [6.45, 7) is 0. The molecule has 1 aromatic carbocycles. The maximum atomic E-state index is 12.5. The van der Waals surface area contributed by atoms with Crippen molar-refractivity contribution in [1.29, 1.82) is 5.26 Å². The standard InChI is InChI=1S/C15H11N5O2S/c16-11-12-4-1-5-13(10-12)23(21,22)19-14-6-2-7-17-15(14)20-9-3-8-18-20/h1-10,19H. The minimum atomic E-state index is -3.84. The molecular weight excluding hydrogens is 314 g/mol. The van der Waals surface area contributed by atoms with Gasteiger partial charge in [-0.05, 0) is 36.4 Å². The van der Waals surface area contributed by atoms with Crippen LogP contribution in [-0.2, 0) is 10.0 Å². The molecule has 3 aromatic rings. The summed E-state index contributed by atoms with van der Waals surface area (Å²) >= 11 is 0. The number of anilines is 1. The normalized spacial score (nSPS) is 10.9. The van der Waals surface area contributed by atoms with E-state index in [4.69, 9.17) is 5.26 Å². The molecule has 7 nitrogen and oxygen atoms in total. The van der Waals surface area contributed by atoms with Crippen LogP contribution in [0.2, 0.25) is 0 Å². The van der Waals surface area contributed by atoms with E-state index in [0.717, 1.165) is 0 Å². The Kier molecular flexibility index (Phi) is 3.78. The Morgan fingerprint density at radius 1 is 1.13 bits per heavy atom. The van der Waals surface area contributed by atoms with Gasteiger partial charge >= 0.3 is 0 Å². The molecule has 8 heteroatoms. The van der Waals surface area contributed by atoms with Gasteiger partial charge in [0, 0.05) is 18.6 Å². The zero-order chi connectivity index (χ0) is 16.3. The van der Waals surface area contributed by atoms with Gasteiger partial charge in [-0.2, -0.15) is 10.4 Å². The number of sulfonamides is 1. The van der Waals surface area contributed by atoms with Crippen molar-refractivity contribution in [1.82, 2.24) is 14.8 Å². The molecule has 0 aliphatic carbocycles. The number of nitrogens with zero attached hydrogens (tertiary/aromatic N) is 4. The van der Waals surface area contributed by atoms with E-state index in [0.29, 0.717) is 11.5 Å². The molecule has 0 unspecified atom stereocenters. The number of aromatic nitrogens is 3. The molecular formula is C15H11N5O2S. The van der Waals surface area contributed by atoms with Crippen molar-refractivity contribution < 1.29 is 8.42 Å². The third-order valence-electron chi connectivity index (χ3n) is 3.03. The van der Waals surface area contributed by atoms with Gasteiger partial charge in [0.05, 0.1) is 22.2 Å². The molecule has 0 atom stereocenters. The molecule has 114 valence electrons. The fraction of sp³-hybridized carbons (Fsp3) is 0. The van der Waals surface area contributed by atoms with Crippen molar-refractivity contribution in [2.45, 2.75) is 4.90 Å². The SMILES string of the molecule is N#Cc1cccc(S(=O)(=O)Nc2cccnc2-n2cccn2)c1. The Labute approximate surface area is 132 Å². The first-order valence-electron chi connectivity index (χ1n) is 6.58. The summed E-state index contributed by atoms with van der Waals surface area (Å²) in [6.07, 6.45) is 4.78. The third kappa shape index (κ3) is 3.04.